The highest BCUT2D eigenvalue weighted by molar-refractivity contribution is 5.79. The Morgan fingerprint density at radius 1 is 1.47 bits per heavy atom. The van der Waals surface area contributed by atoms with Crippen LogP contribution in [-0.2, 0) is 9.53 Å². The van der Waals surface area contributed by atoms with E-state index in [-0.39, 0.29) is 17.9 Å². The van der Waals surface area contributed by atoms with E-state index in [0.29, 0.717) is 6.61 Å². The molecule has 0 saturated carbocycles. The molecule has 0 aromatic carbocycles. The van der Waals surface area contributed by atoms with Crippen molar-refractivity contribution in [2.24, 2.45) is 11.7 Å². The first-order valence-corrected chi connectivity index (χ1v) is 5.83. The third-order valence-corrected chi connectivity index (χ3v) is 2.75. The maximum atomic E-state index is 11.6. The Morgan fingerprint density at radius 2 is 2.27 bits per heavy atom. The van der Waals surface area contributed by atoms with Crippen molar-refractivity contribution in [3.63, 3.8) is 0 Å². The second-order valence-electron chi connectivity index (χ2n) is 4.22. The molecule has 1 aliphatic rings. The summed E-state index contributed by atoms with van der Waals surface area (Å²) < 4.78 is 5.35. The van der Waals surface area contributed by atoms with Gasteiger partial charge in [-0.05, 0) is 32.7 Å². The predicted molar refractivity (Wildman–Crippen MR) is 59.4 cm³/mol. The summed E-state index contributed by atoms with van der Waals surface area (Å²) in [7, 11) is 0. The molecule has 1 fully saturated rings. The molecule has 1 rings (SSSR count). The van der Waals surface area contributed by atoms with Crippen molar-refractivity contribution in [3.05, 3.63) is 0 Å². The number of unbranched alkanes of at least 4 members (excludes halogenated alkanes) is 2. The van der Waals surface area contributed by atoms with Gasteiger partial charge in [0, 0.05) is 6.54 Å². The van der Waals surface area contributed by atoms with Crippen LogP contribution in [0.5, 0.6) is 0 Å². The largest absolute Gasteiger partial charge is 0.378 e. The average molecular weight is 214 g/mol. The van der Waals surface area contributed by atoms with Gasteiger partial charge in [-0.2, -0.15) is 0 Å². The molecular weight excluding hydrogens is 192 g/mol. The summed E-state index contributed by atoms with van der Waals surface area (Å²) in [4.78, 5) is 11.6. The molecule has 2 atom stereocenters. The fraction of sp³-hybridized carbons (Fsp3) is 0.909. The molecule has 1 amide bonds. The van der Waals surface area contributed by atoms with E-state index in [1.807, 2.05) is 6.92 Å². The maximum absolute atomic E-state index is 11.6. The van der Waals surface area contributed by atoms with Gasteiger partial charge in [-0.15, -0.1) is 0 Å². The van der Waals surface area contributed by atoms with Crippen LogP contribution in [0, 0.1) is 5.92 Å². The van der Waals surface area contributed by atoms with Crippen LogP contribution in [0.25, 0.3) is 0 Å². The second-order valence-corrected chi connectivity index (χ2v) is 4.22. The van der Waals surface area contributed by atoms with Crippen LogP contribution < -0.4 is 11.1 Å². The van der Waals surface area contributed by atoms with Crippen LogP contribution in [0.2, 0.25) is 0 Å². The van der Waals surface area contributed by atoms with Crippen molar-refractivity contribution in [2.75, 3.05) is 19.7 Å². The van der Waals surface area contributed by atoms with Crippen molar-refractivity contribution < 1.29 is 9.53 Å². The number of amides is 1. The lowest BCUT2D eigenvalue weighted by Crippen LogP contribution is -2.31. The molecule has 4 nitrogen and oxygen atoms in total. The molecule has 0 aliphatic carbocycles. The van der Waals surface area contributed by atoms with Crippen LogP contribution in [0.3, 0.4) is 0 Å². The van der Waals surface area contributed by atoms with Gasteiger partial charge in [-0.3, -0.25) is 4.79 Å². The fourth-order valence-corrected chi connectivity index (χ4v) is 1.80. The molecule has 88 valence electrons. The monoisotopic (exact) mass is 214 g/mol. The molecule has 1 saturated heterocycles. The molecule has 2 unspecified atom stereocenters. The van der Waals surface area contributed by atoms with E-state index in [4.69, 9.17) is 10.5 Å². The van der Waals surface area contributed by atoms with Crippen LogP contribution in [0.1, 0.15) is 32.6 Å². The van der Waals surface area contributed by atoms with Gasteiger partial charge >= 0.3 is 0 Å². The predicted octanol–water partition coefficient (Wildman–Crippen LogP) is 0.657. The molecule has 0 aromatic rings. The number of carbonyl (C=O) groups excluding carboxylic acids is 1. The summed E-state index contributed by atoms with van der Waals surface area (Å²) in [6.07, 6.45) is 4.24. The van der Waals surface area contributed by atoms with Crippen molar-refractivity contribution in [1.82, 2.24) is 5.32 Å². The molecule has 0 bridgehead atoms. The zero-order valence-electron chi connectivity index (χ0n) is 9.50. The van der Waals surface area contributed by atoms with Crippen molar-refractivity contribution in [3.8, 4) is 0 Å². The summed E-state index contributed by atoms with van der Waals surface area (Å²) >= 11 is 0. The molecule has 4 heteroatoms. The first-order chi connectivity index (χ1) is 7.24. The summed E-state index contributed by atoms with van der Waals surface area (Å²) in [6.45, 7) is 4.09. The Bertz CT molecular complexity index is 197. The normalized spacial score (nSPS) is 25.5. The van der Waals surface area contributed by atoms with Gasteiger partial charge in [0.05, 0.1) is 18.6 Å². The quantitative estimate of drug-likeness (QED) is 0.638. The van der Waals surface area contributed by atoms with E-state index in [2.05, 4.69) is 5.32 Å². The van der Waals surface area contributed by atoms with E-state index in [9.17, 15) is 4.79 Å². The van der Waals surface area contributed by atoms with E-state index < -0.39 is 0 Å². The summed E-state index contributed by atoms with van der Waals surface area (Å²) in [6, 6.07) is 0. The zero-order chi connectivity index (χ0) is 11.1. The topological polar surface area (TPSA) is 64.4 Å². The number of ether oxygens (including phenoxy) is 1. The fourth-order valence-electron chi connectivity index (χ4n) is 1.80. The van der Waals surface area contributed by atoms with E-state index in [0.717, 1.165) is 38.8 Å². The van der Waals surface area contributed by atoms with Gasteiger partial charge < -0.3 is 15.8 Å². The standard InChI is InChI=1S/C11H22N2O2/c1-9-7-10(8-15-9)11(14)13-6-4-2-3-5-12/h9-10H,2-8,12H2,1H3,(H,13,14). The van der Waals surface area contributed by atoms with Gasteiger partial charge in [0.15, 0.2) is 0 Å². The summed E-state index contributed by atoms with van der Waals surface area (Å²) in [5.41, 5.74) is 5.38. The number of rotatable bonds is 6. The van der Waals surface area contributed by atoms with Gasteiger partial charge in [0.2, 0.25) is 5.91 Å². The molecule has 3 N–H and O–H groups in total. The number of hydrogen-bond acceptors (Lipinski definition) is 3. The van der Waals surface area contributed by atoms with E-state index >= 15 is 0 Å². The van der Waals surface area contributed by atoms with Crippen LogP contribution >= 0.6 is 0 Å². The van der Waals surface area contributed by atoms with Gasteiger partial charge in [0.25, 0.3) is 0 Å². The summed E-state index contributed by atoms with van der Waals surface area (Å²) in [5, 5.41) is 2.94. The Hall–Kier alpha value is -0.610. The first-order valence-electron chi connectivity index (χ1n) is 5.83. The lowest BCUT2D eigenvalue weighted by Gasteiger charge is -2.08. The number of hydrogen-bond donors (Lipinski definition) is 2. The highest BCUT2D eigenvalue weighted by Gasteiger charge is 2.27. The van der Waals surface area contributed by atoms with Gasteiger partial charge in [0.1, 0.15) is 0 Å². The highest BCUT2D eigenvalue weighted by Crippen LogP contribution is 2.18. The number of nitrogens with one attached hydrogen (secondary N) is 1. The second kappa shape index (κ2) is 6.80. The highest BCUT2D eigenvalue weighted by atomic mass is 16.5. The van der Waals surface area contributed by atoms with E-state index in [1.54, 1.807) is 0 Å². The number of carbonyl (C=O) groups is 1. The third-order valence-electron chi connectivity index (χ3n) is 2.75. The smallest absolute Gasteiger partial charge is 0.225 e. The minimum Gasteiger partial charge on any atom is -0.378 e. The molecule has 0 spiro atoms. The van der Waals surface area contributed by atoms with Gasteiger partial charge in [-0.1, -0.05) is 6.42 Å². The first kappa shape index (κ1) is 12.5. The molecule has 0 radical (unpaired) electrons. The molecule has 0 aromatic heterocycles. The van der Waals surface area contributed by atoms with Crippen molar-refractivity contribution in [1.29, 1.82) is 0 Å². The van der Waals surface area contributed by atoms with Crippen molar-refractivity contribution >= 4 is 5.91 Å². The summed E-state index contributed by atoms with van der Waals surface area (Å²) in [5.74, 6) is 0.210. The van der Waals surface area contributed by atoms with Crippen LogP contribution in [-0.4, -0.2) is 31.7 Å². The molecule has 15 heavy (non-hydrogen) atoms. The number of nitrogens with two attached hydrogens (primary N) is 1. The molecule has 1 aliphatic heterocycles. The zero-order valence-corrected chi connectivity index (χ0v) is 9.50. The van der Waals surface area contributed by atoms with Crippen molar-refractivity contribution in [2.45, 2.75) is 38.7 Å². The average Bonchev–Trinajstić information content (AvgIpc) is 2.64. The Labute approximate surface area is 91.5 Å². The molecular formula is C11H22N2O2. The molecule has 1 heterocycles. The van der Waals surface area contributed by atoms with Gasteiger partial charge in [-0.25, -0.2) is 0 Å². The minimum atomic E-state index is 0.0644. The Morgan fingerprint density at radius 3 is 2.87 bits per heavy atom. The van der Waals surface area contributed by atoms with Crippen LogP contribution in [0.15, 0.2) is 0 Å². The lowest BCUT2D eigenvalue weighted by molar-refractivity contribution is -0.124. The SMILES string of the molecule is CC1CC(C(=O)NCCCCCN)CO1. The Balaban J connectivity index is 2.03. The van der Waals surface area contributed by atoms with E-state index in [1.165, 1.54) is 0 Å². The van der Waals surface area contributed by atoms with Crippen LogP contribution in [0.4, 0.5) is 0 Å². The lowest BCUT2D eigenvalue weighted by atomic mass is 10.1. The Kier molecular flexibility index (Phi) is 5.65. The third kappa shape index (κ3) is 4.62. The minimum absolute atomic E-state index is 0.0644. The maximum Gasteiger partial charge on any atom is 0.225 e.